The SMILES string of the molecule is CCOc1ccc(/C=C/C(=O)ON2C(=O)CCC2=O)cc1OC. The molecule has 1 aliphatic heterocycles. The molecule has 2 amide bonds. The Kier molecular flexibility index (Phi) is 5.35. The van der Waals surface area contributed by atoms with Crippen molar-refractivity contribution >= 4 is 23.9 Å². The Labute approximate surface area is 133 Å². The van der Waals surface area contributed by atoms with Crippen LogP contribution in [0.15, 0.2) is 24.3 Å². The number of carbonyl (C=O) groups excluding carboxylic acids is 3. The van der Waals surface area contributed by atoms with Gasteiger partial charge in [-0.2, -0.15) is 0 Å². The van der Waals surface area contributed by atoms with Gasteiger partial charge in [-0.1, -0.05) is 6.07 Å². The Bertz CT molecular complexity index is 636. The fourth-order valence-corrected chi connectivity index (χ4v) is 2.01. The van der Waals surface area contributed by atoms with Gasteiger partial charge in [0.1, 0.15) is 0 Å². The van der Waals surface area contributed by atoms with Crippen LogP contribution in [0.1, 0.15) is 25.3 Å². The quantitative estimate of drug-likeness (QED) is 0.586. The number of amides is 2. The first-order valence-corrected chi connectivity index (χ1v) is 7.11. The molecule has 1 aromatic carbocycles. The van der Waals surface area contributed by atoms with E-state index in [9.17, 15) is 14.4 Å². The topological polar surface area (TPSA) is 82.1 Å². The summed E-state index contributed by atoms with van der Waals surface area (Å²) in [6, 6.07) is 5.16. The van der Waals surface area contributed by atoms with Crippen LogP contribution in [0, 0.1) is 0 Å². The molecule has 0 radical (unpaired) electrons. The molecule has 0 atom stereocenters. The lowest BCUT2D eigenvalue weighted by atomic mass is 10.2. The summed E-state index contributed by atoms with van der Waals surface area (Å²) >= 11 is 0. The normalized spacial score (nSPS) is 14.4. The van der Waals surface area contributed by atoms with Crippen LogP contribution in [-0.2, 0) is 19.2 Å². The standard InChI is InChI=1S/C16H17NO6/c1-3-22-12-6-4-11(10-13(12)21-2)5-9-16(20)23-17-14(18)7-8-15(17)19/h4-6,9-10H,3,7-8H2,1-2H3/b9-5+. The molecule has 1 heterocycles. The third-order valence-corrected chi connectivity index (χ3v) is 3.09. The van der Waals surface area contributed by atoms with Crippen LogP contribution in [0.4, 0.5) is 0 Å². The summed E-state index contributed by atoms with van der Waals surface area (Å²) in [6.07, 6.45) is 2.75. The van der Waals surface area contributed by atoms with Crippen LogP contribution in [0.2, 0.25) is 0 Å². The molecule has 7 heteroatoms. The minimum atomic E-state index is -0.804. The number of imide groups is 1. The Morgan fingerprint density at radius 3 is 2.52 bits per heavy atom. The number of methoxy groups -OCH3 is 1. The maximum Gasteiger partial charge on any atom is 0.356 e. The van der Waals surface area contributed by atoms with Gasteiger partial charge in [-0.15, -0.1) is 5.06 Å². The third kappa shape index (κ3) is 4.09. The predicted molar refractivity (Wildman–Crippen MR) is 80.4 cm³/mol. The number of ether oxygens (including phenoxy) is 2. The lowest BCUT2D eigenvalue weighted by Gasteiger charge is -2.11. The van der Waals surface area contributed by atoms with E-state index in [0.717, 1.165) is 6.08 Å². The van der Waals surface area contributed by atoms with Gasteiger partial charge in [-0.05, 0) is 30.7 Å². The number of carbonyl (C=O) groups is 3. The van der Waals surface area contributed by atoms with Crippen LogP contribution in [0.25, 0.3) is 6.08 Å². The van der Waals surface area contributed by atoms with E-state index in [0.29, 0.717) is 28.7 Å². The van der Waals surface area contributed by atoms with Crippen molar-refractivity contribution in [3.05, 3.63) is 29.8 Å². The van der Waals surface area contributed by atoms with E-state index in [1.165, 1.54) is 13.2 Å². The van der Waals surface area contributed by atoms with E-state index in [4.69, 9.17) is 14.3 Å². The van der Waals surface area contributed by atoms with Crippen molar-refractivity contribution in [3.8, 4) is 11.5 Å². The molecule has 1 aromatic rings. The molecule has 1 fully saturated rings. The molecule has 0 N–H and O–H groups in total. The first-order chi connectivity index (χ1) is 11.0. The van der Waals surface area contributed by atoms with Crippen LogP contribution in [0.5, 0.6) is 11.5 Å². The zero-order valence-corrected chi connectivity index (χ0v) is 12.9. The van der Waals surface area contributed by atoms with Gasteiger partial charge in [0.05, 0.1) is 13.7 Å². The number of benzene rings is 1. The molecule has 7 nitrogen and oxygen atoms in total. The molecule has 1 saturated heterocycles. The molecule has 0 saturated carbocycles. The van der Waals surface area contributed by atoms with E-state index in [-0.39, 0.29) is 12.8 Å². The maximum atomic E-state index is 11.7. The highest BCUT2D eigenvalue weighted by atomic mass is 16.7. The second kappa shape index (κ2) is 7.44. The van der Waals surface area contributed by atoms with Gasteiger partial charge >= 0.3 is 5.97 Å². The number of hydrogen-bond acceptors (Lipinski definition) is 6. The molecule has 2 rings (SSSR count). The van der Waals surface area contributed by atoms with Crippen LogP contribution in [0.3, 0.4) is 0 Å². The summed E-state index contributed by atoms with van der Waals surface area (Å²) in [4.78, 5) is 39.1. The van der Waals surface area contributed by atoms with Gasteiger partial charge in [0.2, 0.25) is 0 Å². The molecule has 0 aliphatic carbocycles. The Hall–Kier alpha value is -2.83. The monoisotopic (exact) mass is 319 g/mol. The van der Waals surface area contributed by atoms with Gasteiger partial charge in [-0.3, -0.25) is 9.59 Å². The zero-order valence-electron chi connectivity index (χ0n) is 12.9. The highest BCUT2D eigenvalue weighted by Gasteiger charge is 2.32. The van der Waals surface area contributed by atoms with E-state index >= 15 is 0 Å². The number of nitrogens with zero attached hydrogens (tertiary/aromatic N) is 1. The van der Waals surface area contributed by atoms with E-state index < -0.39 is 17.8 Å². The Morgan fingerprint density at radius 2 is 1.91 bits per heavy atom. The highest BCUT2D eigenvalue weighted by Crippen LogP contribution is 2.28. The molecule has 0 spiro atoms. The van der Waals surface area contributed by atoms with E-state index in [2.05, 4.69) is 0 Å². The zero-order chi connectivity index (χ0) is 16.8. The largest absolute Gasteiger partial charge is 0.493 e. The summed E-state index contributed by atoms with van der Waals surface area (Å²) in [6.45, 7) is 2.37. The van der Waals surface area contributed by atoms with Crippen molar-refractivity contribution in [1.82, 2.24) is 5.06 Å². The minimum absolute atomic E-state index is 0.0614. The fraction of sp³-hybridized carbons (Fsp3) is 0.312. The van der Waals surface area contributed by atoms with Crippen LogP contribution in [-0.4, -0.2) is 36.6 Å². The summed E-state index contributed by atoms with van der Waals surface area (Å²) in [7, 11) is 1.52. The molecule has 1 aliphatic rings. The highest BCUT2D eigenvalue weighted by molar-refractivity contribution is 6.02. The molecule has 0 bridgehead atoms. The lowest BCUT2D eigenvalue weighted by Crippen LogP contribution is -2.31. The van der Waals surface area contributed by atoms with Crippen molar-refractivity contribution in [2.24, 2.45) is 0 Å². The van der Waals surface area contributed by atoms with Crippen molar-refractivity contribution in [2.75, 3.05) is 13.7 Å². The van der Waals surface area contributed by atoms with Crippen LogP contribution >= 0.6 is 0 Å². The van der Waals surface area contributed by atoms with Gasteiger partial charge in [0.25, 0.3) is 11.8 Å². The minimum Gasteiger partial charge on any atom is -0.493 e. The van der Waals surface area contributed by atoms with Gasteiger partial charge in [-0.25, -0.2) is 4.79 Å². The average molecular weight is 319 g/mol. The fourth-order valence-electron chi connectivity index (χ4n) is 2.01. The summed E-state index contributed by atoms with van der Waals surface area (Å²) in [5.41, 5.74) is 0.682. The number of rotatable bonds is 6. The number of hydrogen-bond donors (Lipinski definition) is 0. The van der Waals surface area contributed by atoms with Crippen molar-refractivity contribution in [3.63, 3.8) is 0 Å². The van der Waals surface area contributed by atoms with Gasteiger partial charge in [0.15, 0.2) is 11.5 Å². The summed E-state index contributed by atoms with van der Waals surface area (Å²) in [5.74, 6) is -0.698. The second-order valence-corrected chi connectivity index (χ2v) is 4.67. The maximum absolute atomic E-state index is 11.7. The van der Waals surface area contributed by atoms with E-state index in [1.807, 2.05) is 6.92 Å². The van der Waals surface area contributed by atoms with Crippen molar-refractivity contribution in [2.45, 2.75) is 19.8 Å². The van der Waals surface area contributed by atoms with Gasteiger partial charge in [0, 0.05) is 18.9 Å². The smallest absolute Gasteiger partial charge is 0.356 e. The van der Waals surface area contributed by atoms with Crippen molar-refractivity contribution in [1.29, 1.82) is 0 Å². The first-order valence-electron chi connectivity index (χ1n) is 7.11. The lowest BCUT2D eigenvalue weighted by molar-refractivity contribution is -0.193. The van der Waals surface area contributed by atoms with Crippen molar-refractivity contribution < 1.29 is 28.7 Å². The molecule has 0 unspecified atom stereocenters. The molecular formula is C16H17NO6. The van der Waals surface area contributed by atoms with Crippen LogP contribution < -0.4 is 9.47 Å². The van der Waals surface area contributed by atoms with E-state index in [1.54, 1.807) is 18.2 Å². The Morgan fingerprint density at radius 1 is 1.22 bits per heavy atom. The van der Waals surface area contributed by atoms with Gasteiger partial charge < -0.3 is 14.3 Å². The number of hydroxylamine groups is 2. The molecule has 23 heavy (non-hydrogen) atoms. The first kappa shape index (κ1) is 16.5. The Balaban J connectivity index is 2.03. The average Bonchev–Trinajstić information content (AvgIpc) is 2.86. The molecular weight excluding hydrogens is 302 g/mol. The summed E-state index contributed by atoms with van der Waals surface area (Å²) < 4.78 is 10.6. The third-order valence-electron chi connectivity index (χ3n) is 3.09. The second-order valence-electron chi connectivity index (χ2n) is 4.67. The molecule has 0 aromatic heterocycles. The predicted octanol–water partition coefficient (Wildman–Crippen LogP) is 1.71. The molecule has 122 valence electrons. The summed E-state index contributed by atoms with van der Waals surface area (Å²) in [5, 5.41) is 0.505.